The second kappa shape index (κ2) is 9.29. The molecule has 0 aliphatic rings. The van der Waals surface area contributed by atoms with Crippen LogP contribution >= 0.6 is 11.6 Å². The molecule has 0 aliphatic heterocycles. The van der Waals surface area contributed by atoms with Crippen molar-refractivity contribution >= 4 is 17.3 Å². The predicted molar refractivity (Wildman–Crippen MR) is 112 cm³/mol. The van der Waals surface area contributed by atoms with Gasteiger partial charge in [0.1, 0.15) is 12.4 Å². The minimum absolute atomic E-state index is 0.235. The molecule has 2 N–H and O–H groups in total. The monoisotopic (exact) mass is 374 g/mol. The van der Waals surface area contributed by atoms with Gasteiger partial charge in [-0.15, -0.1) is 0 Å². The van der Waals surface area contributed by atoms with Crippen LogP contribution in [0.3, 0.4) is 0 Å². The zero-order valence-electron chi connectivity index (χ0n) is 16.3. The van der Waals surface area contributed by atoms with Crippen LogP contribution in [0.4, 0.5) is 5.69 Å². The van der Waals surface area contributed by atoms with E-state index in [-0.39, 0.29) is 5.54 Å². The molecule has 0 amide bonds. The van der Waals surface area contributed by atoms with E-state index in [1.54, 1.807) is 0 Å². The van der Waals surface area contributed by atoms with Crippen molar-refractivity contribution in [2.45, 2.75) is 46.3 Å². The SMILES string of the molecule is CC(C)CCN(CC(C)(C)N)c1ccc(OCc2ccc(Cl)cc2)cc1. The Bertz CT molecular complexity index is 660. The van der Waals surface area contributed by atoms with Crippen LogP contribution in [0.1, 0.15) is 39.7 Å². The topological polar surface area (TPSA) is 38.5 Å². The van der Waals surface area contributed by atoms with Gasteiger partial charge in [-0.3, -0.25) is 0 Å². The van der Waals surface area contributed by atoms with Crippen LogP contribution in [0.5, 0.6) is 5.75 Å². The summed E-state index contributed by atoms with van der Waals surface area (Å²) in [6, 6.07) is 16.0. The van der Waals surface area contributed by atoms with Gasteiger partial charge in [0.15, 0.2) is 0 Å². The molecular weight excluding hydrogens is 344 g/mol. The number of rotatable bonds is 9. The van der Waals surface area contributed by atoms with E-state index in [1.165, 1.54) is 5.69 Å². The number of benzene rings is 2. The van der Waals surface area contributed by atoms with Crippen molar-refractivity contribution < 1.29 is 4.74 Å². The summed E-state index contributed by atoms with van der Waals surface area (Å²) in [5, 5.41) is 0.738. The number of halogens is 1. The lowest BCUT2D eigenvalue weighted by Gasteiger charge is -2.32. The van der Waals surface area contributed by atoms with Crippen LogP contribution in [-0.2, 0) is 6.61 Å². The molecular formula is C22H31ClN2O. The summed E-state index contributed by atoms with van der Waals surface area (Å²) >= 11 is 5.91. The quantitative estimate of drug-likeness (QED) is 0.629. The van der Waals surface area contributed by atoms with Crippen molar-refractivity contribution in [1.82, 2.24) is 0 Å². The highest BCUT2D eigenvalue weighted by Gasteiger charge is 2.17. The molecule has 2 aromatic rings. The normalized spacial score (nSPS) is 11.7. The summed E-state index contributed by atoms with van der Waals surface area (Å²) in [5.41, 5.74) is 8.30. The van der Waals surface area contributed by atoms with E-state index in [2.05, 4.69) is 44.7 Å². The fourth-order valence-corrected chi connectivity index (χ4v) is 2.83. The predicted octanol–water partition coefficient (Wildman–Crippen LogP) is 5.51. The highest BCUT2D eigenvalue weighted by Crippen LogP contribution is 2.23. The van der Waals surface area contributed by atoms with Gasteiger partial charge in [-0.05, 0) is 68.1 Å². The molecule has 0 saturated carbocycles. The lowest BCUT2D eigenvalue weighted by atomic mass is 10.0. The van der Waals surface area contributed by atoms with Crippen molar-refractivity contribution in [3.8, 4) is 5.75 Å². The molecule has 142 valence electrons. The second-order valence-corrected chi connectivity index (χ2v) is 8.44. The van der Waals surface area contributed by atoms with Crippen LogP contribution in [0, 0.1) is 5.92 Å². The molecule has 0 aromatic heterocycles. The zero-order chi connectivity index (χ0) is 19.2. The first kappa shape index (κ1) is 20.6. The summed E-state index contributed by atoms with van der Waals surface area (Å²) < 4.78 is 5.88. The van der Waals surface area contributed by atoms with Crippen LogP contribution in [0.2, 0.25) is 5.02 Å². The Morgan fingerprint density at radius 2 is 1.65 bits per heavy atom. The van der Waals surface area contributed by atoms with Gasteiger partial charge in [0.05, 0.1) is 0 Å². The van der Waals surface area contributed by atoms with Crippen LogP contribution < -0.4 is 15.4 Å². The van der Waals surface area contributed by atoms with Crippen molar-refractivity contribution in [2.75, 3.05) is 18.0 Å². The fraction of sp³-hybridized carbons (Fsp3) is 0.455. The van der Waals surface area contributed by atoms with Crippen molar-refractivity contribution in [2.24, 2.45) is 11.7 Å². The average molecular weight is 375 g/mol. The molecule has 0 heterocycles. The molecule has 2 aromatic carbocycles. The molecule has 0 spiro atoms. The Labute approximate surface area is 163 Å². The standard InChI is InChI=1S/C22H31ClN2O/c1-17(2)13-14-25(16-22(3,4)24)20-9-11-21(12-10-20)26-15-18-5-7-19(23)8-6-18/h5-12,17H,13-16,24H2,1-4H3. The summed E-state index contributed by atoms with van der Waals surface area (Å²) in [4.78, 5) is 2.36. The molecule has 0 unspecified atom stereocenters. The van der Waals surface area contributed by atoms with E-state index in [1.807, 2.05) is 36.4 Å². The fourth-order valence-electron chi connectivity index (χ4n) is 2.71. The minimum Gasteiger partial charge on any atom is -0.489 e. The molecule has 0 atom stereocenters. The molecule has 0 aliphatic carbocycles. The smallest absolute Gasteiger partial charge is 0.119 e. The lowest BCUT2D eigenvalue weighted by Crippen LogP contribution is -2.46. The third-order valence-corrected chi connectivity index (χ3v) is 4.35. The van der Waals surface area contributed by atoms with E-state index in [4.69, 9.17) is 22.1 Å². The van der Waals surface area contributed by atoms with Crippen molar-refractivity contribution in [3.05, 3.63) is 59.1 Å². The Kier molecular flexibility index (Phi) is 7.36. The van der Waals surface area contributed by atoms with Crippen molar-refractivity contribution in [3.63, 3.8) is 0 Å². The molecule has 26 heavy (non-hydrogen) atoms. The molecule has 3 nitrogen and oxygen atoms in total. The third-order valence-electron chi connectivity index (χ3n) is 4.10. The van der Waals surface area contributed by atoms with Gasteiger partial charge in [0.25, 0.3) is 0 Å². The summed E-state index contributed by atoms with van der Waals surface area (Å²) in [6.07, 6.45) is 1.14. The van der Waals surface area contributed by atoms with Gasteiger partial charge in [-0.25, -0.2) is 0 Å². The Morgan fingerprint density at radius 3 is 2.19 bits per heavy atom. The van der Waals surface area contributed by atoms with Crippen molar-refractivity contribution in [1.29, 1.82) is 0 Å². The van der Waals surface area contributed by atoms with Gasteiger partial charge >= 0.3 is 0 Å². The van der Waals surface area contributed by atoms with Crippen LogP contribution in [0.25, 0.3) is 0 Å². The Morgan fingerprint density at radius 1 is 1.04 bits per heavy atom. The third kappa shape index (κ3) is 7.27. The molecule has 0 fully saturated rings. The molecule has 4 heteroatoms. The zero-order valence-corrected chi connectivity index (χ0v) is 17.1. The van der Waals surface area contributed by atoms with E-state index in [9.17, 15) is 0 Å². The first-order valence-corrected chi connectivity index (χ1v) is 9.62. The van der Waals surface area contributed by atoms with Gasteiger partial charge < -0.3 is 15.4 Å². The summed E-state index contributed by atoms with van der Waals surface area (Å²) in [5.74, 6) is 1.53. The van der Waals surface area contributed by atoms with Gasteiger partial charge in [-0.2, -0.15) is 0 Å². The van der Waals surface area contributed by atoms with E-state index in [0.29, 0.717) is 12.5 Å². The maximum atomic E-state index is 6.26. The van der Waals surface area contributed by atoms with Crippen LogP contribution in [0.15, 0.2) is 48.5 Å². The number of hydrogen-bond donors (Lipinski definition) is 1. The molecule has 0 bridgehead atoms. The molecule has 0 saturated heterocycles. The molecule has 0 radical (unpaired) electrons. The number of ether oxygens (including phenoxy) is 1. The van der Waals surface area contributed by atoms with E-state index >= 15 is 0 Å². The van der Waals surface area contributed by atoms with Crippen LogP contribution in [-0.4, -0.2) is 18.6 Å². The maximum absolute atomic E-state index is 6.26. The Hall–Kier alpha value is -1.71. The van der Waals surface area contributed by atoms with E-state index in [0.717, 1.165) is 35.8 Å². The highest BCUT2D eigenvalue weighted by molar-refractivity contribution is 6.30. The first-order chi connectivity index (χ1) is 12.2. The Balaban J connectivity index is 2.00. The number of hydrogen-bond acceptors (Lipinski definition) is 3. The summed E-state index contributed by atoms with van der Waals surface area (Å²) in [6.45, 7) is 11.0. The van der Waals surface area contributed by atoms with Gasteiger partial charge in [0, 0.05) is 29.3 Å². The average Bonchev–Trinajstić information content (AvgIpc) is 2.57. The largest absolute Gasteiger partial charge is 0.489 e. The minimum atomic E-state index is -0.235. The number of anilines is 1. The van der Waals surface area contributed by atoms with E-state index < -0.39 is 0 Å². The van der Waals surface area contributed by atoms with Gasteiger partial charge in [-0.1, -0.05) is 37.6 Å². The lowest BCUT2D eigenvalue weighted by molar-refractivity contribution is 0.306. The second-order valence-electron chi connectivity index (χ2n) is 8.00. The molecule has 2 rings (SSSR count). The summed E-state index contributed by atoms with van der Waals surface area (Å²) in [7, 11) is 0. The van der Waals surface area contributed by atoms with Gasteiger partial charge in [0.2, 0.25) is 0 Å². The highest BCUT2D eigenvalue weighted by atomic mass is 35.5. The number of nitrogens with zero attached hydrogens (tertiary/aromatic N) is 1. The first-order valence-electron chi connectivity index (χ1n) is 9.24. The maximum Gasteiger partial charge on any atom is 0.119 e. The number of nitrogens with two attached hydrogens (primary N) is 1.